The molecule has 8 heteroatoms. The maximum absolute atomic E-state index is 12.6. The topological polar surface area (TPSA) is 64.4 Å². The third-order valence-electron chi connectivity index (χ3n) is 3.20. The molecule has 0 aliphatic carbocycles. The number of aryl methyl sites for hydroxylation is 2. The van der Waals surface area contributed by atoms with E-state index in [0.29, 0.717) is 17.0 Å². The lowest BCUT2D eigenvalue weighted by Gasteiger charge is -2.08. The number of alkyl halides is 3. The van der Waals surface area contributed by atoms with Gasteiger partial charge in [0.1, 0.15) is 23.7 Å². The number of carbonyl (C=O) groups is 1. The summed E-state index contributed by atoms with van der Waals surface area (Å²) in [6.45, 7) is 3.25. The molecule has 2 rings (SSSR count). The highest BCUT2D eigenvalue weighted by Crippen LogP contribution is 2.31. The zero-order chi connectivity index (χ0) is 18.4. The second-order valence-corrected chi connectivity index (χ2v) is 5.05. The second kappa shape index (κ2) is 7.75. The Bertz CT molecular complexity index is 797. The molecule has 0 unspecified atom stereocenters. The SMILES string of the molecule is Cc1noc(C)c1C(=O)NCC#CCOc1cccc(C(F)(F)F)c1. The van der Waals surface area contributed by atoms with Crippen LogP contribution in [0.5, 0.6) is 5.75 Å². The predicted molar refractivity (Wildman–Crippen MR) is 83.0 cm³/mol. The Kier molecular flexibility index (Phi) is 5.70. The number of hydrogen-bond acceptors (Lipinski definition) is 4. The molecule has 0 fully saturated rings. The van der Waals surface area contributed by atoms with Crippen LogP contribution in [-0.2, 0) is 6.18 Å². The Morgan fingerprint density at radius 2 is 2.08 bits per heavy atom. The first kappa shape index (κ1) is 18.4. The molecule has 1 aromatic carbocycles. The van der Waals surface area contributed by atoms with Gasteiger partial charge in [-0.3, -0.25) is 4.79 Å². The van der Waals surface area contributed by atoms with Gasteiger partial charge in [0.15, 0.2) is 0 Å². The lowest BCUT2D eigenvalue weighted by atomic mass is 10.2. The summed E-state index contributed by atoms with van der Waals surface area (Å²) >= 11 is 0. The van der Waals surface area contributed by atoms with E-state index < -0.39 is 11.7 Å². The summed E-state index contributed by atoms with van der Waals surface area (Å²) in [7, 11) is 0. The lowest BCUT2D eigenvalue weighted by molar-refractivity contribution is -0.137. The van der Waals surface area contributed by atoms with Gasteiger partial charge in [0.05, 0.1) is 17.8 Å². The Morgan fingerprint density at radius 3 is 2.72 bits per heavy atom. The van der Waals surface area contributed by atoms with Gasteiger partial charge >= 0.3 is 6.18 Å². The van der Waals surface area contributed by atoms with Gasteiger partial charge < -0.3 is 14.6 Å². The van der Waals surface area contributed by atoms with Gasteiger partial charge in [0.2, 0.25) is 0 Å². The zero-order valence-electron chi connectivity index (χ0n) is 13.5. The van der Waals surface area contributed by atoms with E-state index in [0.717, 1.165) is 12.1 Å². The number of nitrogens with one attached hydrogen (secondary N) is 1. The highest BCUT2D eigenvalue weighted by Gasteiger charge is 2.30. The molecule has 0 spiro atoms. The monoisotopic (exact) mass is 352 g/mol. The highest BCUT2D eigenvalue weighted by atomic mass is 19.4. The number of nitrogens with zero attached hydrogens (tertiary/aromatic N) is 1. The van der Waals surface area contributed by atoms with E-state index in [9.17, 15) is 18.0 Å². The molecule has 0 atom stereocenters. The minimum Gasteiger partial charge on any atom is -0.481 e. The fraction of sp³-hybridized carbons (Fsp3) is 0.294. The van der Waals surface area contributed by atoms with Crippen LogP contribution in [0.2, 0.25) is 0 Å². The van der Waals surface area contributed by atoms with Gasteiger partial charge in [-0.05, 0) is 32.0 Å². The van der Waals surface area contributed by atoms with E-state index in [2.05, 4.69) is 22.3 Å². The summed E-state index contributed by atoms with van der Waals surface area (Å²) < 4.78 is 47.8. The summed E-state index contributed by atoms with van der Waals surface area (Å²) in [5.74, 6) is 5.40. The van der Waals surface area contributed by atoms with Crippen molar-refractivity contribution in [2.45, 2.75) is 20.0 Å². The average molecular weight is 352 g/mol. The van der Waals surface area contributed by atoms with Crippen molar-refractivity contribution in [1.82, 2.24) is 10.5 Å². The van der Waals surface area contributed by atoms with Gasteiger partial charge in [-0.25, -0.2) is 0 Å². The van der Waals surface area contributed by atoms with Crippen LogP contribution in [-0.4, -0.2) is 24.2 Å². The molecule has 0 radical (unpaired) electrons. The maximum Gasteiger partial charge on any atom is 0.416 e. The summed E-state index contributed by atoms with van der Waals surface area (Å²) in [6.07, 6.45) is -4.42. The van der Waals surface area contributed by atoms with Crippen LogP contribution in [0, 0.1) is 25.7 Å². The molecular formula is C17H15F3N2O3. The van der Waals surface area contributed by atoms with E-state index in [1.165, 1.54) is 12.1 Å². The molecule has 0 saturated carbocycles. The quantitative estimate of drug-likeness (QED) is 0.859. The Hall–Kier alpha value is -2.95. The fourth-order valence-corrected chi connectivity index (χ4v) is 2.02. The molecule has 0 saturated heterocycles. The first-order valence-corrected chi connectivity index (χ1v) is 7.26. The molecule has 0 aliphatic rings. The molecule has 1 heterocycles. The Labute approximate surface area is 142 Å². The molecule has 2 aromatic rings. The standard InChI is InChI=1S/C17H15F3N2O3/c1-11-15(12(2)25-22-11)16(23)21-8-3-4-9-24-14-7-5-6-13(10-14)17(18,19)20/h5-7,10H,8-9H2,1-2H3,(H,21,23). The van der Waals surface area contributed by atoms with Crippen LogP contribution < -0.4 is 10.1 Å². The van der Waals surface area contributed by atoms with Gasteiger partial charge in [-0.15, -0.1) is 0 Å². The first-order chi connectivity index (χ1) is 11.8. The maximum atomic E-state index is 12.6. The van der Waals surface area contributed by atoms with Gasteiger partial charge in [-0.2, -0.15) is 13.2 Å². The number of hydrogen-bond donors (Lipinski definition) is 1. The molecule has 1 N–H and O–H groups in total. The Balaban J connectivity index is 1.81. The fourth-order valence-electron chi connectivity index (χ4n) is 2.02. The first-order valence-electron chi connectivity index (χ1n) is 7.26. The van der Waals surface area contributed by atoms with Crippen molar-refractivity contribution in [2.24, 2.45) is 0 Å². The van der Waals surface area contributed by atoms with Crippen molar-refractivity contribution >= 4 is 5.91 Å². The second-order valence-electron chi connectivity index (χ2n) is 5.05. The number of amides is 1. The molecule has 1 amide bonds. The van der Waals surface area contributed by atoms with Crippen LogP contribution in [0.4, 0.5) is 13.2 Å². The number of ether oxygens (including phenoxy) is 1. The number of carbonyl (C=O) groups excluding carboxylic acids is 1. The average Bonchev–Trinajstić information content (AvgIpc) is 2.89. The molecule has 25 heavy (non-hydrogen) atoms. The third kappa shape index (κ3) is 5.01. The molecular weight excluding hydrogens is 337 g/mol. The van der Waals surface area contributed by atoms with Crippen molar-refractivity contribution in [3.05, 3.63) is 46.8 Å². The molecule has 0 bridgehead atoms. The number of aromatic nitrogens is 1. The molecule has 0 aliphatic heterocycles. The van der Waals surface area contributed by atoms with E-state index >= 15 is 0 Å². The zero-order valence-corrected chi connectivity index (χ0v) is 13.5. The normalized spacial score (nSPS) is 10.8. The van der Waals surface area contributed by atoms with Gasteiger partial charge in [0.25, 0.3) is 5.91 Å². The van der Waals surface area contributed by atoms with Crippen molar-refractivity contribution in [2.75, 3.05) is 13.2 Å². The highest BCUT2D eigenvalue weighted by molar-refractivity contribution is 5.96. The van der Waals surface area contributed by atoms with Crippen molar-refractivity contribution in [3.8, 4) is 17.6 Å². The van der Waals surface area contributed by atoms with Crippen LogP contribution in [0.1, 0.15) is 27.4 Å². The van der Waals surface area contributed by atoms with E-state index in [1.807, 2.05) is 0 Å². The smallest absolute Gasteiger partial charge is 0.416 e. The number of rotatable bonds is 4. The summed E-state index contributed by atoms with van der Waals surface area (Å²) in [4.78, 5) is 11.9. The third-order valence-corrected chi connectivity index (χ3v) is 3.20. The van der Waals surface area contributed by atoms with Gasteiger partial charge in [0, 0.05) is 0 Å². The van der Waals surface area contributed by atoms with Crippen LogP contribution in [0.15, 0.2) is 28.8 Å². The van der Waals surface area contributed by atoms with Crippen molar-refractivity contribution in [3.63, 3.8) is 0 Å². The number of benzene rings is 1. The lowest BCUT2D eigenvalue weighted by Crippen LogP contribution is -2.24. The minimum atomic E-state index is -4.42. The summed E-state index contributed by atoms with van der Waals surface area (Å²) in [6, 6.07) is 4.54. The summed E-state index contributed by atoms with van der Waals surface area (Å²) in [5, 5.41) is 6.26. The van der Waals surface area contributed by atoms with Crippen LogP contribution in [0.25, 0.3) is 0 Å². The summed E-state index contributed by atoms with van der Waals surface area (Å²) in [5.41, 5.74) is 0.0579. The molecule has 1 aromatic heterocycles. The van der Waals surface area contributed by atoms with Crippen LogP contribution in [0.3, 0.4) is 0 Å². The molecule has 5 nitrogen and oxygen atoms in total. The minimum absolute atomic E-state index is 0.0643. The van der Waals surface area contributed by atoms with E-state index in [1.54, 1.807) is 13.8 Å². The molecule has 132 valence electrons. The van der Waals surface area contributed by atoms with E-state index in [-0.39, 0.29) is 24.8 Å². The van der Waals surface area contributed by atoms with Crippen LogP contribution >= 0.6 is 0 Å². The Morgan fingerprint density at radius 1 is 1.32 bits per heavy atom. The van der Waals surface area contributed by atoms with E-state index in [4.69, 9.17) is 9.26 Å². The van der Waals surface area contributed by atoms with Crippen molar-refractivity contribution < 1.29 is 27.2 Å². The van der Waals surface area contributed by atoms with Crippen molar-refractivity contribution in [1.29, 1.82) is 0 Å². The predicted octanol–water partition coefficient (Wildman–Crippen LogP) is 3.12. The largest absolute Gasteiger partial charge is 0.481 e. The van der Waals surface area contributed by atoms with Gasteiger partial charge in [-0.1, -0.05) is 23.1 Å². The number of halogens is 3.